The summed E-state index contributed by atoms with van der Waals surface area (Å²) >= 11 is 5.34. The van der Waals surface area contributed by atoms with E-state index in [-0.39, 0.29) is 11.4 Å². The third kappa shape index (κ3) is 10.3. The van der Waals surface area contributed by atoms with Crippen LogP contribution in [0.1, 0.15) is 47.1 Å². The molecule has 0 aliphatic heterocycles. The molecular formula is C22H32N2O6S. The highest BCUT2D eigenvalue weighted by Gasteiger charge is 2.33. The third-order valence-corrected chi connectivity index (χ3v) is 4.00. The lowest BCUT2D eigenvalue weighted by Crippen LogP contribution is -2.56. The number of thiocarbonyl (C=S) groups is 1. The van der Waals surface area contributed by atoms with Gasteiger partial charge in [0.2, 0.25) is 0 Å². The van der Waals surface area contributed by atoms with E-state index in [1.54, 1.807) is 41.5 Å². The molecule has 0 saturated carbocycles. The highest BCUT2D eigenvalue weighted by atomic mass is 32.1. The molecule has 1 aromatic carbocycles. The number of amides is 1. The number of carbonyl (C=O) groups excluding carboxylic acids is 3. The van der Waals surface area contributed by atoms with Gasteiger partial charge in [0.25, 0.3) is 0 Å². The van der Waals surface area contributed by atoms with E-state index >= 15 is 0 Å². The molecule has 0 heterocycles. The van der Waals surface area contributed by atoms with Crippen molar-refractivity contribution >= 4 is 35.2 Å². The second-order valence-corrected chi connectivity index (χ2v) is 9.33. The maximum Gasteiger partial charge on any atom is 0.408 e. The van der Waals surface area contributed by atoms with Crippen molar-refractivity contribution in [1.82, 2.24) is 10.6 Å². The largest absolute Gasteiger partial charge is 0.467 e. The molecule has 2 N–H and O–H groups in total. The van der Waals surface area contributed by atoms with Crippen molar-refractivity contribution < 1.29 is 28.6 Å². The monoisotopic (exact) mass is 452 g/mol. The first-order valence-electron chi connectivity index (χ1n) is 9.86. The lowest BCUT2D eigenvalue weighted by molar-refractivity contribution is -0.157. The van der Waals surface area contributed by atoms with Crippen LogP contribution in [0, 0.1) is 0 Å². The fraction of sp³-hybridized carbons (Fsp3) is 0.545. The van der Waals surface area contributed by atoms with Crippen molar-refractivity contribution in [2.24, 2.45) is 0 Å². The lowest BCUT2D eigenvalue weighted by Gasteiger charge is -2.27. The molecule has 1 rings (SSSR count). The summed E-state index contributed by atoms with van der Waals surface area (Å²) in [5.74, 6) is -1.34. The Morgan fingerprint density at radius 2 is 1.45 bits per heavy atom. The fourth-order valence-corrected chi connectivity index (χ4v) is 2.74. The minimum Gasteiger partial charge on any atom is -0.467 e. The van der Waals surface area contributed by atoms with Crippen LogP contribution < -0.4 is 10.6 Å². The van der Waals surface area contributed by atoms with Gasteiger partial charge in [0.15, 0.2) is 6.04 Å². The molecule has 0 bridgehead atoms. The quantitative estimate of drug-likeness (QED) is 0.370. The van der Waals surface area contributed by atoms with Crippen LogP contribution >= 0.6 is 12.2 Å². The molecular weight excluding hydrogens is 420 g/mol. The molecule has 8 nitrogen and oxygen atoms in total. The summed E-state index contributed by atoms with van der Waals surface area (Å²) in [6.07, 6.45) is -0.583. The van der Waals surface area contributed by atoms with Gasteiger partial charge < -0.3 is 24.8 Å². The average Bonchev–Trinajstić information content (AvgIpc) is 2.63. The number of ether oxygens (including phenoxy) is 3. The number of methoxy groups -OCH3 is 1. The Kier molecular flexibility index (Phi) is 9.42. The molecule has 0 fully saturated rings. The van der Waals surface area contributed by atoms with Crippen LogP contribution in [0.3, 0.4) is 0 Å². The Balaban J connectivity index is 3.06. The zero-order valence-corrected chi connectivity index (χ0v) is 19.9. The van der Waals surface area contributed by atoms with Gasteiger partial charge in [-0.2, -0.15) is 0 Å². The summed E-state index contributed by atoms with van der Waals surface area (Å²) in [6.45, 7) is 10.3. The van der Waals surface area contributed by atoms with Crippen molar-refractivity contribution in [3.05, 3.63) is 35.9 Å². The Morgan fingerprint density at radius 1 is 0.903 bits per heavy atom. The number of carbonyl (C=O) groups is 3. The summed E-state index contributed by atoms with van der Waals surface area (Å²) in [6, 6.07) is 7.06. The Morgan fingerprint density at radius 3 is 1.94 bits per heavy atom. The fourth-order valence-electron chi connectivity index (χ4n) is 2.45. The predicted molar refractivity (Wildman–Crippen MR) is 121 cm³/mol. The van der Waals surface area contributed by atoms with Gasteiger partial charge in [-0.3, -0.25) is 0 Å². The Hall–Kier alpha value is -2.68. The number of nitrogens with one attached hydrogen (secondary N) is 2. The van der Waals surface area contributed by atoms with Gasteiger partial charge in [0, 0.05) is 6.42 Å². The summed E-state index contributed by atoms with van der Waals surface area (Å²) in [5, 5.41) is 5.25. The average molecular weight is 453 g/mol. The van der Waals surface area contributed by atoms with E-state index in [1.165, 1.54) is 7.11 Å². The van der Waals surface area contributed by atoms with Gasteiger partial charge in [-0.1, -0.05) is 42.5 Å². The Bertz CT molecular complexity index is 783. The van der Waals surface area contributed by atoms with E-state index in [2.05, 4.69) is 10.6 Å². The standard InChI is InChI=1S/C22H32N2O6S/c1-21(2,3)29-18(25)15(13-14-11-9-8-10-12-14)23-17(31)16(19(26)28-7)24-20(27)30-22(4,5)6/h8-12,15-16H,13H2,1-7H3,(H,23,31)(H,24,27)/t15-,16-/m0/s1. The first-order valence-corrected chi connectivity index (χ1v) is 10.3. The molecule has 1 aromatic rings. The van der Waals surface area contributed by atoms with E-state index < -0.39 is 41.3 Å². The van der Waals surface area contributed by atoms with Crippen LogP contribution in [-0.4, -0.2) is 53.4 Å². The zero-order valence-electron chi connectivity index (χ0n) is 19.1. The minimum absolute atomic E-state index is 0.0931. The van der Waals surface area contributed by atoms with E-state index in [9.17, 15) is 14.4 Å². The molecule has 0 radical (unpaired) electrons. The molecule has 172 valence electrons. The maximum atomic E-state index is 12.8. The van der Waals surface area contributed by atoms with E-state index in [1.807, 2.05) is 30.3 Å². The smallest absolute Gasteiger partial charge is 0.408 e. The van der Waals surface area contributed by atoms with E-state index in [4.69, 9.17) is 26.4 Å². The summed E-state index contributed by atoms with van der Waals surface area (Å²) in [4.78, 5) is 37.1. The zero-order chi connectivity index (χ0) is 23.8. The summed E-state index contributed by atoms with van der Waals surface area (Å²) < 4.78 is 15.4. The SMILES string of the molecule is COC(=O)[C@@H](NC(=O)OC(C)(C)C)C(=S)N[C@@H](Cc1ccccc1)C(=O)OC(C)(C)C. The lowest BCUT2D eigenvalue weighted by atomic mass is 10.0. The number of benzene rings is 1. The van der Waals surface area contributed by atoms with Crippen LogP contribution in [0.2, 0.25) is 0 Å². The van der Waals surface area contributed by atoms with Gasteiger partial charge in [-0.15, -0.1) is 0 Å². The molecule has 2 atom stereocenters. The second-order valence-electron chi connectivity index (χ2n) is 8.89. The van der Waals surface area contributed by atoms with Gasteiger partial charge in [0.1, 0.15) is 22.2 Å². The minimum atomic E-state index is -1.34. The molecule has 0 aromatic heterocycles. The van der Waals surface area contributed by atoms with Crippen LogP contribution in [-0.2, 0) is 30.2 Å². The van der Waals surface area contributed by atoms with Crippen molar-refractivity contribution in [3.8, 4) is 0 Å². The Labute approximate surface area is 189 Å². The van der Waals surface area contributed by atoms with Crippen LogP contribution in [0.5, 0.6) is 0 Å². The molecule has 9 heteroatoms. The number of esters is 2. The molecule has 0 aliphatic carbocycles. The maximum absolute atomic E-state index is 12.8. The number of hydrogen-bond acceptors (Lipinski definition) is 7. The predicted octanol–water partition coefficient (Wildman–Crippen LogP) is 2.92. The normalized spacial score (nSPS) is 13.4. The van der Waals surface area contributed by atoms with Crippen LogP contribution in [0.4, 0.5) is 4.79 Å². The topological polar surface area (TPSA) is 103 Å². The van der Waals surface area contributed by atoms with Gasteiger partial charge in [-0.25, -0.2) is 14.4 Å². The first-order chi connectivity index (χ1) is 14.2. The van der Waals surface area contributed by atoms with Gasteiger partial charge >= 0.3 is 18.0 Å². The van der Waals surface area contributed by atoms with Crippen molar-refractivity contribution in [2.45, 2.75) is 71.2 Å². The van der Waals surface area contributed by atoms with Crippen LogP contribution in [0.25, 0.3) is 0 Å². The molecule has 0 saturated heterocycles. The summed E-state index contributed by atoms with van der Waals surface area (Å²) in [5.41, 5.74) is -0.624. The molecule has 0 aliphatic rings. The van der Waals surface area contributed by atoms with E-state index in [0.29, 0.717) is 0 Å². The highest BCUT2D eigenvalue weighted by Crippen LogP contribution is 2.12. The second kappa shape index (κ2) is 11.1. The van der Waals surface area contributed by atoms with Crippen molar-refractivity contribution in [2.75, 3.05) is 7.11 Å². The van der Waals surface area contributed by atoms with Crippen molar-refractivity contribution in [1.29, 1.82) is 0 Å². The molecule has 0 unspecified atom stereocenters. The van der Waals surface area contributed by atoms with Gasteiger partial charge in [0.05, 0.1) is 7.11 Å². The van der Waals surface area contributed by atoms with E-state index in [0.717, 1.165) is 5.56 Å². The van der Waals surface area contributed by atoms with Gasteiger partial charge in [-0.05, 0) is 47.1 Å². The molecule has 0 spiro atoms. The number of hydrogen-bond donors (Lipinski definition) is 2. The number of alkyl carbamates (subject to hydrolysis) is 1. The highest BCUT2D eigenvalue weighted by molar-refractivity contribution is 7.80. The van der Waals surface area contributed by atoms with Crippen molar-refractivity contribution in [3.63, 3.8) is 0 Å². The first kappa shape index (κ1) is 26.4. The molecule has 1 amide bonds. The number of rotatable bonds is 7. The third-order valence-electron chi connectivity index (χ3n) is 3.65. The molecule has 31 heavy (non-hydrogen) atoms. The summed E-state index contributed by atoms with van der Waals surface area (Å²) in [7, 11) is 1.17. The van der Waals surface area contributed by atoms with Crippen LogP contribution in [0.15, 0.2) is 30.3 Å².